The molecule has 4 rings (SSSR count). The molecule has 0 aromatic heterocycles. The summed E-state index contributed by atoms with van der Waals surface area (Å²) in [5.74, 6) is 3.94. The Balaban J connectivity index is 1.57. The van der Waals surface area contributed by atoms with Crippen LogP contribution in [0.25, 0.3) is 0 Å². The maximum absolute atomic E-state index is 13.1. The molecule has 1 unspecified atom stereocenters. The van der Waals surface area contributed by atoms with Gasteiger partial charge in [-0.05, 0) is 73.7 Å². The van der Waals surface area contributed by atoms with Crippen LogP contribution in [-0.2, 0) is 9.53 Å². The van der Waals surface area contributed by atoms with Gasteiger partial charge in [0.2, 0.25) is 0 Å². The third-order valence-electron chi connectivity index (χ3n) is 9.51. The predicted molar refractivity (Wildman–Crippen MR) is 119 cm³/mol. The number of fused-ring (bicyclic) bond motifs is 4. The van der Waals surface area contributed by atoms with Crippen molar-refractivity contribution in [2.45, 2.75) is 98.8 Å². The molecule has 3 aliphatic carbocycles. The van der Waals surface area contributed by atoms with Crippen LogP contribution in [0.3, 0.4) is 0 Å². The lowest BCUT2D eigenvalue weighted by atomic mass is 9.54. The minimum atomic E-state index is -0.000914. The van der Waals surface area contributed by atoms with E-state index in [0.29, 0.717) is 11.3 Å². The number of hydrogen-bond acceptors (Lipinski definition) is 2. The van der Waals surface area contributed by atoms with Crippen molar-refractivity contribution < 1.29 is 9.53 Å². The summed E-state index contributed by atoms with van der Waals surface area (Å²) >= 11 is 0. The highest BCUT2D eigenvalue weighted by Crippen LogP contribution is 2.65. The van der Waals surface area contributed by atoms with Crippen molar-refractivity contribution in [1.82, 2.24) is 0 Å². The molecule has 2 saturated carbocycles. The number of ether oxygens (including phenoxy) is 1. The van der Waals surface area contributed by atoms with E-state index >= 15 is 0 Å². The number of rotatable bonds is 5. The lowest BCUT2D eigenvalue weighted by Crippen LogP contribution is -2.48. The van der Waals surface area contributed by atoms with Gasteiger partial charge in [0.15, 0.2) is 0 Å². The molecule has 2 fully saturated rings. The first-order valence-corrected chi connectivity index (χ1v) is 12.3. The highest BCUT2D eigenvalue weighted by atomic mass is 16.5. The molecule has 4 aliphatic rings. The molecule has 6 atom stereocenters. The molecule has 0 aromatic carbocycles. The zero-order chi connectivity index (χ0) is 21.0. The lowest BCUT2D eigenvalue weighted by molar-refractivity contribution is -0.155. The summed E-state index contributed by atoms with van der Waals surface area (Å²) < 4.78 is 6.19. The molecule has 0 N–H and O–H groups in total. The van der Waals surface area contributed by atoms with Crippen molar-refractivity contribution in [3.05, 3.63) is 23.5 Å². The zero-order valence-corrected chi connectivity index (χ0v) is 19.5. The van der Waals surface area contributed by atoms with E-state index in [1.165, 1.54) is 49.7 Å². The summed E-state index contributed by atoms with van der Waals surface area (Å²) in [7, 11) is 0. The smallest absolute Gasteiger partial charge is 0.315 e. The molecule has 0 radical (unpaired) electrons. The standard InChI is InChI=1S/C27H42O2/c1-17(2)8-7-9-19(4)20-10-11-21-24-22(13-15-26(20,21)5)27(6)14-12-18(3)16-23(27)25(28)29-24/h17,19-21,23H,3,7-16H2,1-2,4-6H3/t19-,20+,21-,23?,26+,27+/m0/s1. The average Bonchev–Trinajstić information content (AvgIpc) is 3.00. The van der Waals surface area contributed by atoms with Gasteiger partial charge >= 0.3 is 5.97 Å². The van der Waals surface area contributed by atoms with Crippen LogP contribution in [0.5, 0.6) is 0 Å². The van der Waals surface area contributed by atoms with Crippen LogP contribution in [0.1, 0.15) is 98.8 Å². The Morgan fingerprint density at radius 3 is 2.55 bits per heavy atom. The summed E-state index contributed by atoms with van der Waals surface area (Å²) in [5, 5.41) is 0. The van der Waals surface area contributed by atoms with Crippen molar-refractivity contribution in [2.24, 2.45) is 40.4 Å². The highest BCUT2D eigenvalue weighted by molar-refractivity contribution is 5.78. The van der Waals surface area contributed by atoms with Crippen LogP contribution in [0.4, 0.5) is 0 Å². The van der Waals surface area contributed by atoms with Crippen LogP contribution in [0.2, 0.25) is 0 Å². The second kappa shape index (κ2) is 7.57. The fraction of sp³-hybridized carbons (Fsp3) is 0.815. The predicted octanol–water partition coefficient (Wildman–Crippen LogP) is 7.45. The van der Waals surface area contributed by atoms with E-state index in [-0.39, 0.29) is 17.3 Å². The van der Waals surface area contributed by atoms with Gasteiger partial charge in [0.25, 0.3) is 0 Å². The fourth-order valence-corrected chi connectivity index (χ4v) is 7.58. The summed E-state index contributed by atoms with van der Waals surface area (Å²) in [4.78, 5) is 13.1. The van der Waals surface area contributed by atoms with Gasteiger partial charge in [0, 0.05) is 11.3 Å². The average molecular weight is 399 g/mol. The van der Waals surface area contributed by atoms with Crippen molar-refractivity contribution in [3.8, 4) is 0 Å². The second-order valence-electron chi connectivity index (χ2n) is 11.7. The summed E-state index contributed by atoms with van der Waals surface area (Å²) in [5.41, 5.74) is 3.04. The van der Waals surface area contributed by atoms with Gasteiger partial charge in [0.05, 0.1) is 5.92 Å². The van der Waals surface area contributed by atoms with Gasteiger partial charge in [-0.2, -0.15) is 0 Å². The third kappa shape index (κ3) is 3.43. The largest absolute Gasteiger partial charge is 0.431 e. The monoisotopic (exact) mass is 398 g/mol. The molecule has 29 heavy (non-hydrogen) atoms. The Kier molecular flexibility index (Phi) is 5.53. The Morgan fingerprint density at radius 2 is 1.83 bits per heavy atom. The van der Waals surface area contributed by atoms with Gasteiger partial charge in [-0.1, -0.05) is 66.0 Å². The first-order valence-electron chi connectivity index (χ1n) is 12.3. The van der Waals surface area contributed by atoms with E-state index in [2.05, 4.69) is 41.2 Å². The molecule has 0 spiro atoms. The minimum Gasteiger partial charge on any atom is -0.431 e. The summed E-state index contributed by atoms with van der Waals surface area (Å²) in [6.07, 6.45) is 11.9. The molecule has 1 heterocycles. The molecule has 2 heteroatoms. The topological polar surface area (TPSA) is 26.3 Å². The number of carbonyl (C=O) groups is 1. The van der Waals surface area contributed by atoms with E-state index in [4.69, 9.17) is 4.74 Å². The second-order valence-corrected chi connectivity index (χ2v) is 11.7. The maximum Gasteiger partial charge on any atom is 0.315 e. The molecular weight excluding hydrogens is 356 g/mol. The Morgan fingerprint density at radius 1 is 1.07 bits per heavy atom. The SMILES string of the molecule is C=C1CC[C@]2(C)C3=C(OC(=O)C2C1)[C@@H]1CC[C@H]([C@@H](C)CCCC(C)C)[C@@]1(C)CC3. The highest BCUT2D eigenvalue weighted by Gasteiger charge is 2.58. The summed E-state index contributed by atoms with van der Waals surface area (Å²) in [6, 6.07) is 0. The quantitative estimate of drug-likeness (QED) is 0.355. The zero-order valence-electron chi connectivity index (χ0n) is 19.5. The number of hydrogen-bond donors (Lipinski definition) is 0. The maximum atomic E-state index is 13.1. The van der Waals surface area contributed by atoms with Gasteiger partial charge < -0.3 is 4.74 Å². The van der Waals surface area contributed by atoms with Gasteiger partial charge in [0.1, 0.15) is 5.76 Å². The molecule has 0 amide bonds. The van der Waals surface area contributed by atoms with Crippen LogP contribution < -0.4 is 0 Å². The van der Waals surface area contributed by atoms with Gasteiger partial charge in [-0.3, -0.25) is 4.79 Å². The van der Waals surface area contributed by atoms with E-state index in [0.717, 1.165) is 49.2 Å². The Labute approximate surface area is 178 Å². The first kappa shape index (κ1) is 21.2. The van der Waals surface area contributed by atoms with E-state index < -0.39 is 0 Å². The number of carbonyl (C=O) groups excluding carboxylic acids is 1. The fourth-order valence-electron chi connectivity index (χ4n) is 7.58. The Bertz CT molecular complexity index is 716. The van der Waals surface area contributed by atoms with Crippen LogP contribution in [0.15, 0.2) is 23.5 Å². The molecule has 162 valence electrons. The van der Waals surface area contributed by atoms with E-state index in [1.54, 1.807) is 0 Å². The van der Waals surface area contributed by atoms with Gasteiger partial charge in [-0.25, -0.2) is 0 Å². The van der Waals surface area contributed by atoms with Crippen molar-refractivity contribution >= 4 is 5.97 Å². The van der Waals surface area contributed by atoms with Crippen LogP contribution in [0, 0.1) is 40.4 Å². The normalized spacial score (nSPS) is 40.4. The van der Waals surface area contributed by atoms with Gasteiger partial charge in [-0.15, -0.1) is 0 Å². The van der Waals surface area contributed by atoms with E-state index in [9.17, 15) is 4.79 Å². The van der Waals surface area contributed by atoms with E-state index in [1.807, 2.05) is 0 Å². The molecular formula is C27H42O2. The first-order chi connectivity index (χ1) is 13.7. The summed E-state index contributed by atoms with van der Waals surface area (Å²) in [6.45, 7) is 16.2. The number of esters is 1. The van der Waals surface area contributed by atoms with Crippen LogP contribution in [-0.4, -0.2) is 5.97 Å². The number of allylic oxidation sites excluding steroid dienone is 3. The van der Waals surface area contributed by atoms with Crippen molar-refractivity contribution in [1.29, 1.82) is 0 Å². The third-order valence-corrected chi connectivity index (χ3v) is 9.51. The van der Waals surface area contributed by atoms with Crippen LogP contribution >= 0.6 is 0 Å². The lowest BCUT2D eigenvalue weighted by Gasteiger charge is -2.52. The molecule has 2 nitrogen and oxygen atoms in total. The van der Waals surface area contributed by atoms with Crippen molar-refractivity contribution in [2.75, 3.05) is 0 Å². The molecule has 0 aromatic rings. The minimum absolute atomic E-state index is 0.000914. The molecule has 0 saturated heterocycles. The Hall–Kier alpha value is -1.05. The molecule has 1 aliphatic heterocycles. The molecule has 0 bridgehead atoms. The van der Waals surface area contributed by atoms with Crippen molar-refractivity contribution in [3.63, 3.8) is 0 Å².